The van der Waals surface area contributed by atoms with Gasteiger partial charge in [-0.2, -0.15) is 0 Å². The molecule has 2 nitrogen and oxygen atoms in total. The molecule has 0 fully saturated rings. The minimum absolute atomic E-state index is 0.378. The second-order valence-electron chi connectivity index (χ2n) is 2.51. The molecule has 0 N–H and O–H groups in total. The second kappa shape index (κ2) is 6.05. The Morgan fingerprint density at radius 2 is 2.36 bits per heavy atom. The zero-order valence-electron chi connectivity index (χ0n) is 7.71. The molecule has 4 heteroatoms. The van der Waals surface area contributed by atoms with Crippen LogP contribution in [0.1, 0.15) is 12.7 Å². The third-order valence-electron chi connectivity index (χ3n) is 1.49. The summed E-state index contributed by atoms with van der Waals surface area (Å²) in [7, 11) is 5.87. The predicted molar refractivity (Wildman–Crippen MR) is 52.2 cm³/mol. The molecule has 68 valence electrons. The summed E-state index contributed by atoms with van der Waals surface area (Å²) >= 11 is -1.57. The monoisotopic (exact) mass is 396 g/mol. The maximum absolute atomic E-state index is 10.9. The molecule has 0 unspecified atom stereocenters. The van der Waals surface area contributed by atoms with Crippen LogP contribution in [-0.4, -0.2) is 0 Å². The molecule has 0 aliphatic heterocycles. The Kier molecular flexibility index (Phi) is 4.99. The van der Waals surface area contributed by atoms with Crippen LogP contribution in [0.15, 0.2) is 33.5 Å². The molecule has 1 aromatic heterocycles. The van der Waals surface area contributed by atoms with Crippen molar-refractivity contribution in [3.63, 3.8) is 0 Å². The third-order valence-corrected chi connectivity index (χ3v) is 7.31. The number of hydrogen-bond acceptors (Lipinski definition) is 2. The van der Waals surface area contributed by atoms with Crippen LogP contribution >= 0.6 is 8.25 Å². The van der Waals surface area contributed by atoms with Crippen molar-refractivity contribution in [2.45, 2.75) is 6.92 Å². The topological polar surface area (TPSA) is 30.2 Å². The summed E-state index contributed by atoms with van der Waals surface area (Å²) in [6.45, 7) is 1.87. The first kappa shape index (κ1) is 11.5. The summed E-state index contributed by atoms with van der Waals surface area (Å²) < 4.78 is 5.90. The van der Waals surface area contributed by atoms with Crippen molar-refractivity contribution in [2.75, 3.05) is 0 Å². The molecule has 0 aliphatic carbocycles. The van der Waals surface area contributed by atoms with E-state index in [4.69, 9.17) is 12.7 Å². The Hall–Kier alpha value is -0.525. The van der Waals surface area contributed by atoms with E-state index >= 15 is 0 Å². The summed E-state index contributed by atoms with van der Waals surface area (Å²) in [5.74, 6) is 5.98. The standard InChI is InChI=1S/C10H7O2.ClH.Hg/c1-2-3-4-6-9-7-5-8-10(11)12-9;;/h2-3,5,8H,1H3;1H;/q;;+1/p-1/b3-2-;;. The second-order valence-corrected chi connectivity index (χ2v) is 8.86. The van der Waals surface area contributed by atoms with Gasteiger partial charge in [-0.25, -0.2) is 0 Å². The van der Waals surface area contributed by atoms with Crippen LogP contribution < -0.4 is 8.70 Å². The van der Waals surface area contributed by atoms with Gasteiger partial charge in [-0.05, 0) is 0 Å². The molecule has 0 radical (unpaired) electrons. The van der Waals surface area contributed by atoms with E-state index in [9.17, 15) is 4.79 Å². The van der Waals surface area contributed by atoms with Gasteiger partial charge in [0.15, 0.2) is 0 Å². The quantitative estimate of drug-likeness (QED) is 0.532. The Morgan fingerprint density at radius 3 is 3.00 bits per heavy atom. The molecule has 1 heterocycles. The summed E-state index contributed by atoms with van der Waals surface area (Å²) in [4.78, 5) is 10.9. The normalized spacial score (nSPS) is 9.29. The summed E-state index contributed by atoms with van der Waals surface area (Å²) in [5, 5.41) is 0. The Labute approximate surface area is 97.8 Å². The van der Waals surface area contributed by atoms with E-state index in [1.807, 2.05) is 13.0 Å². The first-order valence-corrected chi connectivity index (χ1v) is 13.6. The number of halogens is 1. The first-order chi connectivity index (χ1) is 6.77. The number of allylic oxidation sites excluding steroid dienone is 2. The van der Waals surface area contributed by atoms with E-state index in [1.165, 1.54) is 6.07 Å². The van der Waals surface area contributed by atoms with E-state index in [0.29, 0.717) is 5.76 Å². The van der Waals surface area contributed by atoms with Crippen molar-refractivity contribution in [3.8, 4) is 11.8 Å². The zero-order valence-corrected chi connectivity index (χ0v) is 14.0. The van der Waals surface area contributed by atoms with E-state index < -0.39 is 23.3 Å². The average molecular weight is 395 g/mol. The van der Waals surface area contributed by atoms with Gasteiger partial charge in [0.25, 0.3) is 0 Å². The molecule has 0 spiro atoms. The van der Waals surface area contributed by atoms with E-state index in [1.54, 1.807) is 12.1 Å². The van der Waals surface area contributed by atoms with Crippen molar-refractivity contribution in [1.82, 2.24) is 0 Å². The summed E-state index contributed by atoms with van der Waals surface area (Å²) in [6, 6.07) is 3.11. The molecule has 0 bridgehead atoms. The first-order valence-electron chi connectivity index (χ1n) is 4.09. The number of rotatable bonds is 1. The Bertz CT molecular complexity index is 451. The third kappa shape index (κ3) is 3.32. The Balaban J connectivity index is 3.13. The van der Waals surface area contributed by atoms with Gasteiger partial charge in [-0.15, -0.1) is 0 Å². The molecular weight excluding hydrogens is 388 g/mol. The summed E-state index contributed by atoms with van der Waals surface area (Å²) in [5.41, 5.74) is -0.378. The molecule has 0 aromatic carbocycles. The van der Waals surface area contributed by atoms with Gasteiger partial charge in [-0.1, -0.05) is 0 Å². The van der Waals surface area contributed by atoms with Crippen LogP contribution in [0.3, 0.4) is 0 Å². The van der Waals surface area contributed by atoms with Crippen LogP contribution in [0.5, 0.6) is 0 Å². The number of hydrogen-bond donors (Lipinski definition) is 0. The van der Waals surface area contributed by atoms with E-state index in [2.05, 4.69) is 11.8 Å². The molecule has 14 heavy (non-hydrogen) atoms. The van der Waals surface area contributed by atoms with Crippen molar-refractivity contribution < 1.29 is 27.8 Å². The van der Waals surface area contributed by atoms with Crippen molar-refractivity contribution >= 4 is 11.3 Å². The molecule has 0 amide bonds. The molecule has 1 aromatic rings. The van der Waals surface area contributed by atoms with Gasteiger partial charge in [0.2, 0.25) is 0 Å². The minimum atomic E-state index is -1.57. The SMILES string of the molecule is C/C=C\C#Cc1oc(=O)cc[c]1[Hg][Cl]. The molecule has 0 atom stereocenters. The fourth-order valence-corrected chi connectivity index (χ4v) is 4.59. The maximum atomic E-state index is 10.9. The zero-order chi connectivity index (χ0) is 10.4. The van der Waals surface area contributed by atoms with Gasteiger partial charge < -0.3 is 0 Å². The molecule has 0 saturated carbocycles. The fourth-order valence-electron chi connectivity index (χ4n) is 0.846. The van der Waals surface area contributed by atoms with Crippen molar-refractivity contribution in [1.29, 1.82) is 0 Å². The van der Waals surface area contributed by atoms with Crippen molar-refractivity contribution in [3.05, 3.63) is 40.5 Å². The van der Waals surface area contributed by atoms with Gasteiger partial charge in [0.1, 0.15) is 0 Å². The predicted octanol–water partition coefficient (Wildman–Crippen LogP) is 1.43. The van der Waals surface area contributed by atoms with Crippen LogP contribution in [0.2, 0.25) is 0 Å². The van der Waals surface area contributed by atoms with Gasteiger partial charge >= 0.3 is 98.3 Å². The molecule has 0 saturated heterocycles. The van der Waals surface area contributed by atoms with Crippen LogP contribution in [-0.2, 0) is 23.3 Å². The van der Waals surface area contributed by atoms with Gasteiger partial charge in [0.05, 0.1) is 0 Å². The molecular formula is C10H7ClHgO2. The van der Waals surface area contributed by atoms with Gasteiger partial charge in [-0.3, -0.25) is 0 Å². The summed E-state index contributed by atoms with van der Waals surface area (Å²) in [6.07, 6.45) is 3.51. The molecule has 0 aliphatic rings. The van der Waals surface area contributed by atoms with E-state index in [0.717, 1.165) is 3.07 Å². The van der Waals surface area contributed by atoms with Crippen molar-refractivity contribution in [2.24, 2.45) is 0 Å². The van der Waals surface area contributed by atoms with Crippen LogP contribution in [0.4, 0.5) is 0 Å². The average Bonchev–Trinajstić information content (AvgIpc) is 2.19. The fraction of sp³-hybridized carbons (Fsp3) is 0.100. The van der Waals surface area contributed by atoms with E-state index in [-0.39, 0.29) is 5.63 Å². The van der Waals surface area contributed by atoms with Crippen LogP contribution in [0, 0.1) is 11.8 Å². The van der Waals surface area contributed by atoms with Gasteiger partial charge in [0, 0.05) is 0 Å². The van der Waals surface area contributed by atoms with Crippen LogP contribution in [0.25, 0.3) is 0 Å². The Morgan fingerprint density at radius 1 is 1.57 bits per heavy atom. The molecule has 1 rings (SSSR count).